The van der Waals surface area contributed by atoms with Crippen molar-refractivity contribution in [3.8, 4) is 68.0 Å². The molecule has 0 amide bonds. The number of unbranched alkanes of at least 4 members (excludes halogenated alkanes) is 10. The van der Waals surface area contributed by atoms with Gasteiger partial charge in [-0.05, 0) is 122 Å². The number of fused-ring (bicyclic) bond motifs is 1. The number of nitriles is 1. The first-order valence-electron chi connectivity index (χ1n) is 26.3. The lowest BCUT2D eigenvalue weighted by Crippen LogP contribution is -2.04. The van der Waals surface area contributed by atoms with Crippen molar-refractivity contribution in [3.63, 3.8) is 0 Å². The van der Waals surface area contributed by atoms with Crippen molar-refractivity contribution < 1.29 is 14.2 Å². The van der Waals surface area contributed by atoms with Crippen molar-refractivity contribution in [2.75, 3.05) is 19.8 Å². The summed E-state index contributed by atoms with van der Waals surface area (Å²) in [5, 5.41) is 9.54. The number of hydrogen-bond donors (Lipinski definition) is 0. The average Bonchev–Trinajstić information content (AvgIpc) is 3.68. The summed E-state index contributed by atoms with van der Waals surface area (Å²) in [6.45, 7) is 17.5. The summed E-state index contributed by atoms with van der Waals surface area (Å²) in [5.41, 5.74) is 14.2. The summed E-state index contributed by atoms with van der Waals surface area (Å²) in [5.74, 6) is 3.21. The van der Waals surface area contributed by atoms with Crippen LogP contribution in [0.2, 0.25) is 0 Å². The number of allylic oxidation sites excluding steroid dienone is 1. The third kappa shape index (κ3) is 14.1. The van der Waals surface area contributed by atoms with Gasteiger partial charge in [0.2, 0.25) is 0 Å². The smallest absolute Gasteiger partial charge is 0.130 e. The maximum absolute atomic E-state index is 9.54. The zero-order chi connectivity index (χ0) is 48.1. The number of rotatable bonds is 29. The van der Waals surface area contributed by atoms with Gasteiger partial charge in [0, 0.05) is 46.3 Å². The van der Waals surface area contributed by atoms with E-state index in [-0.39, 0.29) is 0 Å². The number of pyridine rings is 2. The second kappa shape index (κ2) is 27.3. The van der Waals surface area contributed by atoms with Gasteiger partial charge in [0.05, 0.1) is 42.8 Å². The van der Waals surface area contributed by atoms with E-state index in [1.807, 2.05) is 25.3 Å². The summed E-state index contributed by atoms with van der Waals surface area (Å²) < 4.78 is 21.8. The van der Waals surface area contributed by atoms with Gasteiger partial charge in [0.15, 0.2) is 0 Å². The summed E-state index contributed by atoms with van der Waals surface area (Å²) in [6.07, 6.45) is 25.7. The molecule has 1 atom stereocenters. The lowest BCUT2D eigenvalue weighted by molar-refractivity contribution is 0.291. The van der Waals surface area contributed by atoms with Gasteiger partial charge in [-0.2, -0.15) is 5.26 Å². The molecule has 0 bridgehead atoms. The van der Waals surface area contributed by atoms with E-state index in [0.29, 0.717) is 31.3 Å². The fourth-order valence-corrected chi connectivity index (χ4v) is 9.30. The highest BCUT2D eigenvalue weighted by molar-refractivity contribution is 5.93. The predicted molar refractivity (Wildman–Crippen MR) is 287 cm³/mol. The number of nitrogens with zero attached hydrogens (tertiary/aromatic N) is 3. The molecule has 6 nitrogen and oxygen atoms in total. The van der Waals surface area contributed by atoms with Gasteiger partial charge in [0.1, 0.15) is 17.2 Å². The molecule has 6 heteroatoms. The highest BCUT2D eigenvalue weighted by Crippen LogP contribution is 2.44. The molecule has 3 aromatic carbocycles. The summed E-state index contributed by atoms with van der Waals surface area (Å²) in [6, 6.07) is 33.2. The van der Waals surface area contributed by atoms with Crippen molar-refractivity contribution >= 4 is 11.6 Å². The van der Waals surface area contributed by atoms with Crippen LogP contribution in [0.5, 0.6) is 17.2 Å². The van der Waals surface area contributed by atoms with E-state index in [1.165, 1.54) is 98.4 Å². The van der Waals surface area contributed by atoms with Crippen LogP contribution >= 0.6 is 0 Å². The Bertz CT molecular complexity index is 2540. The van der Waals surface area contributed by atoms with Gasteiger partial charge in [-0.3, -0.25) is 4.98 Å². The molecule has 3 heterocycles. The molecule has 0 N–H and O–H groups in total. The Kier molecular flexibility index (Phi) is 20.7. The first-order valence-corrected chi connectivity index (χ1v) is 26.3. The fourth-order valence-electron chi connectivity index (χ4n) is 9.30. The number of aryl methyl sites for hydroxylation is 1. The van der Waals surface area contributed by atoms with Crippen LogP contribution in [0, 0.1) is 24.2 Å². The first kappa shape index (κ1) is 51.6. The molecular weight excluding hydrogens is 835 g/mol. The number of aromatic nitrogens is 2. The van der Waals surface area contributed by atoms with E-state index in [1.54, 1.807) is 0 Å². The van der Waals surface area contributed by atoms with Gasteiger partial charge in [-0.1, -0.05) is 154 Å². The molecular formula is C62H79N3O3. The molecule has 0 saturated carbocycles. The van der Waals surface area contributed by atoms with Gasteiger partial charge < -0.3 is 18.6 Å². The molecule has 0 aliphatic carbocycles. The van der Waals surface area contributed by atoms with Gasteiger partial charge in [-0.15, -0.1) is 0 Å². The second-order valence-electron chi connectivity index (χ2n) is 18.9. The Balaban J connectivity index is 1.50. The Morgan fingerprint density at radius 2 is 1.24 bits per heavy atom. The maximum Gasteiger partial charge on any atom is 0.130 e. The van der Waals surface area contributed by atoms with Crippen LogP contribution in [0.1, 0.15) is 161 Å². The Hall–Kier alpha value is -5.80. The SMILES string of the molecule is CCCCCCOc1ccc(-c2ccc(-c3c(CC(CC)CCCC)c4cc(-c5ccc(C)cc5OCCCCCC)ccn4c3-c3ccc(/C=C(/C)C#N)nc3)cc2)c(OCCCCCC)c1. The molecule has 3 aromatic heterocycles. The van der Waals surface area contributed by atoms with E-state index < -0.39 is 0 Å². The molecule has 0 spiro atoms. The predicted octanol–water partition coefficient (Wildman–Crippen LogP) is 17.9. The molecule has 0 fully saturated rings. The monoisotopic (exact) mass is 914 g/mol. The van der Waals surface area contributed by atoms with Gasteiger partial charge in [0.25, 0.3) is 0 Å². The largest absolute Gasteiger partial charge is 0.493 e. The number of benzene rings is 3. The molecule has 0 aliphatic heterocycles. The highest BCUT2D eigenvalue weighted by Gasteiger charge is 2.25. The normalized spacial score (nSPS) is 12.1. The lowest BCUT2D eigenvalue weighted by atomic mass is 9.87. The first-order chi connectivity index (χ1) is 33.3. The Morgan fingerprint density at radius 1 is 0.632 bits per heavy atom. The van der Waals surface area contributed by atoms with Crippen LogP contribution in [0.3, 0.4) is 0 Å². The molecule has 0 aliphatic rings. The van der Waals surface area contributed by atoms with E-state index in [2.05, 4.69) is 137 Å². The number of ether oxygens (including phenoxy) is 3. The van der Waals surface area contributed by atoms with Crippen molar-refractivity contribution in [3.05, 3.63) is 120 Å². The van der Waals surface area contributed by atoms with Crippen LogP contribution in [0.25, 0.3) is 56.2 Å². The average molecular weight is 914 g/mol. The van der Waals surface area contributed by atoms with E-state index >= 15 is 0 Å². The third-order valence-electron chi connectivity index (χ3n) is 13.3. The summed E-state index contributed by atoms with van der Waals surface area (Å²) in [4.78, 5) is 4.90. The van der Waals surface area contributed by atoms with Crippen molar-refractivity contribution in [1.82, 2.24) is 9.38 Å². The quantitative estimate of drug-likeness (QED) is 0.0346. The molecule has 0 radical (unpaired) electrons. The maximum atomic E-state index is 9.54. The summed E-state index contributed by atoms with van der Waals surface area (Å²) >= 11 is 0. The number of hydrogen-bond acceptors (Lipinski definition) is 5. The molecule has 1 unspecified atom stereocenters. The summed E-state index contributed by atoms with van der Waals surface area (Å²) in [7, 11) is 0. The van der Waals surface area contributed by atoms with Crippen LogP contribution in [-0.2, 0) is 6.42 Å². The van der Waals surface area contributed by atoms with Crippen molar-refractivity contribution in [2.45, 2.75) is 158 Å². The molecule has 68 heavy (non-hydrogen) atoms. The Morgan fingerprint density at radius 3 is 1.85 bits per heavy atom. The standard InChI is InChI=1S/C62H79N3O3/c1-8-13-17-20-36-66-54-31-33-55(60(43-54)68-38-22-19-15-10-3)49-25-27-50(28-26-49)61-57(41-48(12-5)23-16-11-4)58-42-51(56-32-24-46(6)40-59(56)67-37-21-18-14-9-2)34-35-65(58)62(61)52-29-30-53(64-45-52)39-47(7)44-63/h24-35,39-40,42-43,45,48H,8-23,36-38,41H2,1-7H3/b47-39-. The minimum absolute atomic E-state index is 0.529. The van der Waals surface area contributed by atoms with Crippen molar-refractivity contribution in [1.29, 1.82) is 5.26 Å². The topological polar surface area (TPSA) is 68.8 Å². The van der Waals surface area contributed by atoms with Crippen LogP contribution in [0.4, 0.5) is 0 Å². The van der Waals surface area contributed by atoms with Gasteiger partial charge >= 0.3 is 0 Å². The Labute approximate surface area is 409 Å². The van der Waals surface area contributed by atoms with Crippen LogP contribution in [0.15, 0.2) is 103 Å². The molecule has 0 saturated heterocycles. The lowest BCUT2D eigenvalue weighted by Gasteiger charge is -2.17. The second-order valence-corrected chi connectivity index (χ2v) is 18.9. The molecule has 6 aromatic rings. The van der Waals surface area contributed by atoms with Gasteiger partial charge in [-0.25, -0.2) is 0 Å². The van der Waals surface area contributed by atoms with Crippen LogP contribution < -0.4 is 14.2 Å². The minimum Gasteiger partial charge on any atom is -0.493 e. The molecule has 360 valence electrons. The van der Waals surface area contributed by atoms with E-state index in [9.17, 15) is 5.26 Å². The fraction of sp³-hybridized carbons (Fsp3) is 0.452. The zero-order valence-electron chi connectivity index (χ0n) is 42.6. The van der Waals surface area contributed by atoms with E-state index in [0.717, 1.165) is 95.0 Å². The molecule has 6 rings (SSSR count). The van der Waals surface area contributed by atoms with Crippen molar-refractivity contribution in [2.24, 2.45) is 5.92 Å². The zero-order valence-corrected chi connectivity index (χ0v) is 42.6. The highest BCUT2D eigenvalue weighted by atomic mass is 16.5. The minimum atomic E-state index is 0.529. The van der Waals surface area contributed by atoms with E-state index in [4.69, 9.17) is 19.2 Å². The third-order valence-corrected chi connectivity index (χ3v) is 13.3. The van der Waals surface area contributed by atoms with Crippen LogP contribution in [-0.4, -0.2) is 29.2 Å².